The lowest BCUT2D eigenvalue weighted by molar-refractivity contribution is -0.170. The Labute approximate surface area is 609 Å². The highest BCUT2D eigenvalue weighted by Gasteiger charge is 2.41. The lowest BCUT2D eigenvalue weighted by atomic mass is 9.96. The summed E-state index contributed by atoms with van der Waals surface area (Å²) < 4.78 is 2.11. The second-order valence-corrected chi connectivity index (χ2v) is 22.3. The molecule has 38 nitrogen and oxygen atoms in total. The van der Waals surface area contributed by atoms with E-state index in [4.69, 9.17) is 97.0 Å². The van der Waals surface area contributed by atoms with E-state index >= 15 is 0 Å². The SMILES string of the molecule is CC(=O)N[C@@H](CS)C(=O)O.O=C(O)C(O)C(O)C(=O)O.O=C(O)CC(O)(CC(=O)O)C(=O)O.O=C(O)CN(CC(=O)O)CC(=O)O.O=C(O)c1cc(O)c(O)c(O)c1.O=C(O)c1ccccc1O.O=C(O)c1ccccc1S.Oc1c(O)c(Br)c(Br)c(Br)c1Br.Oc1cccc2cccnc12. The van der Waals surface area contributed by atoms with Gasteiger partial charge in [-0.05, 0) is 112 Å². The molecule has 0 fully saturated rings. The zero-order valence-corrected chi connectivity index (χ0v) is 58.8. The molecule has 0 bridgehead atoms. The van der Waals surface area contributed by atoms with Crippen molar-refractivity contribution in [1.82, 2.24) is 15.2 Å². The van der Waals surface area contributed by atoms with Gasteiger partial charge in [0.2, 0.25) is 5.91 Å². The molecule has 0 spiro atoms. The summed E-state index contributed by atoms with van der Waals surface area (Å²) in [6.45, 7) is -0.533. The van der Waals surface area contributed by atoms with Gasteiger partial charge in [0.25, 0.3) is 0 Å². The van der Waals surface area contributed by atoms with Crippen molar-refractivity contribution in [2.75, 3.05) is 25.4 Å². The van der Waals surface area contributed by atoms with Crippen molar-refractivity contribution >= 4 is 177 Å². The van der Waals surface area contributed by atoms with Crippen LogP contribution in [0.15, 0.2) is 120 Å². The van der Waals surface area contributed by atoms with Gasteiger partial charge in [0.05, 0.1) is 61.5 Å². The number of pyridine rings is 1. The number of carbonyl (C=O) groups excluding carboxylic acids is 1. The Hall–Kier alpha value is -10.3. The summed E-state index contributed by atoms with van der Waals surface area (Å²) >= 11 is 20.3. The number of halogens is 4. The maximum atomic E-state index is 10.4. The number of para-hydroxylation sites is 2. The smallest absolute Gasteiger partial charge is 0.339 e. The van der Waals surface area contributed by atoms with Gasteiger partial charge >= 0.3 is 71.6 Å². The number of phenolic OH excluding ortho intramolecular Hbond substituents is 6. The van der Waals surface area contributed by atoms with Crippen LogP contribution in [0.5, 0.6) is 40.2 Å². The molecule has 0 aliphatic rings. The van der Waals surface area contributed by atoms with Crippen LogP contribution < -0.4 is 5.32 Å². The van der Waals surface area contributed by atoms with Crippen LogP contribution in [0, 0.1) is 0 Å². The molecule has 0 aliphatic carbocycles. The van der Waals surface area contributed by atoms with Gasteiger partial charge < -0.3 is 118 Å². The Morgan fingerprint density at radius 2 is 0.871 bits per heavy atom. The summed E-state index contributed by atoms with van der Waals surface area (Å²) in [5.41, 5.74) is -2.19. The van der Waals surface area contributed by atoms with Crippen LogP contribution in [0.1, 0.15) is 50.8 Å². The second kappa shape index (κ2) is 47.6. The van der Waals surface area contributed by atoms with Crippen LogP contribution in [0.4, 0.5) is 0 Å². The van der Waals surface area contributed by atoms with Crippen LogP contribution in [0.3, 0.4) is 0 Å². The average molecular weight is 1730 g/mol. The van der Waals surface area contributed by atoms with E-state index in [1.165, 1.54) is 25.1 Å². The Morgan fingerprint density at radius 3 is 1.16 bits per heavy atom. The number of carbonyl (C=O) groups is 13. The maximum Gasteiger partial charge on any atom is 0.339 e. The zero-order chi connectivity index (χ0) is 79.1. The van der Waals surface area contributed by atoms with Gasteiger partial charge in [-0.25, -0.2) is 33.6 Å². The number of nitrogens with zero attached hydrogens (tertiary/aromatic N) is 2. The van der Waals surface area contributed by atoms with E-state index in [9.17, 15) is 77.6 Å². The number of phenols is 7. The van der Waals surface area contributed by atoms with Crippen LogP contribution in [0.2, 0.25) is 0 Å². The third kappa shape index (κ3) is 38.0. The minimum absolute atomic E-state index is 0.0671. The molecule has 2 unspecified atom stereocenters. The van der Waals surface area contributed by atoms with E-state index in [0.29, 0.717) is 28.3 Å². The van der Waals surface area contributed by atoms with E-state index in [1.54, 1.807) is 48.7 Å². The highest BCUT2D eigenvalue weighted by atomic mass is 79.9. The molecule has 0 saturated heterocycles. The number of benzene rings is 5. The monoisotopic (exact) mass is 1720 g/mol. The van der Waals surface area contributed by atoms with Gasteiger partial charge in [-0.15, -0.1) is 12.6 Å². The number of thiol groups is 2. The fraction of sp³-hybridized carbons (Fsp3) is 0.193. The maximum absolute atomic E-state index is 10.4. The molecule has 6 aromatic rings. The first-order valence-electron chi connectivity index (χ1n) is 26.0. The van der Waals surface area contributed by atoms with Gasteiger partial charge in [0.1, 0.15) is 28.6 Å². The number of aromatic carboxylic acids is 3. The Bertz CT molecular complexity index is 3630. The molecule has 552 valence electrons. The summed E-state index contributed by atoms with van der Waals surface area (Å²) in [5, 5.41) is 191. The minimum atomic E-state index is -2.74. The van der Waals surface area contributed by atoms with Crippen LogP contribution in [0.25, 0.3) is 10.9 Å². The van der Waals surface area contributed by atoms with Gasteiger partial charge in [-0.2, -0.15) is 12.6 Å². The lowest BCUT2D eigenvalue weighted by Gasteiger charge is -2.18. The number of carboxylic acid groups (broad SMARTS) is 12. The van der Waals surface area contributed by atoms with Gasteiger partial charge in [0.15, 0.2) is 46.6 Å². The first-order valence-corrected chi connectivity index (χ1v) is 30.2. The van der Waals surface area contributed by atoms with Crippen molar-refractivity contribution in [2.24, 2.45) is 0 Å². The quantitative estimate of drug-likeness (QED) is 0.0222. The summed E-state index contributed by atoms with van der Waals surface area (Å²) in [6.07, 6.45) is -5.15. The first-order chi connectivity index (χ1) is 46.5. The number of amides is 1. The van der Waals surface area contributed by atoms with Crippen molar-refractivity contribution in [1.29, 1.82) is 0 Å². The Kier molecular flexibility index (Phi) is 44.7. The molecule has 23 N–H and O–H groups in total. The Morgan fingerprint density at radius 1 is 0.485 bits per heavy atom. The predicted molar refractivity (Wildman–Crippen MR) is 361 cm³/mol. The molecule has 3 atom stereocenters. The molecule has 1 amide bonds. The molecular formula is C57H59Br4N3O35S2. The first kappa shape index (κ1) is 94.9. The zero-order valence-electron chi connectivity index (χ0n) is 50.7. The predicted octanol–water partition coefficient (Wildman–Crippen LogP) is 4.03. The molecule has 44 heteroatoms. The van der Waals surface area contributed by atoms with Crippen molar-refractivity contribution in [3.8, 4) is 40.2 Å². The lowest BCUT2D eigenvalue weighted by Crippen LogP contribution is -2.42. The standard InChI is InChI=1S/C9H7NO.C7H6O5.C7H6O3.C7H6O2S.C6H2Br4O2.C6H9NO6.C6H8O7.C5H9NO3S.C4H6O6/c11-8-5-1-3-7-4-2-6-10-9(7)8;8-4-1-3(7(11)12)2-5(9)6(4)10;8-6-4-2-1-3-5(6)7(9)10;8-7(9)5-3-1-2-4-6(5)10;7-1-2(8)4(10)6(12)5(11)3(1)9;8-4(9)1-7(2-5(10)11)3-6(12)13;7-3(8)1-6(13,5(11)12)2-4(9)10;1-3(7)6-4(2-10)5(8)9;5-1(3(7)8)2(6)4(9)10/h1-6,11H;1-2,8-10H,(H,11,12);1-4,8H,(H,9,10);1-4,10H,(H,8,9);11-12H;1-3H2,(H,8,9)(H,10,11)(H,12,13);13H,1-2H2,(H,7,8)(H,9,10)(H,11,12);4,10H,2H2,1H3,(H,6,7)(H,8,9);1-2,5-6H,(H,7,8)(H,9,10)/t;;;;;;;4-;/m.......0./s1. The van der Waals surface area contributed by atoms with Crippen molar-refractivity contribution in [3.05, 3.63) is 132 Å². The van der Waals surface area contributed by atoms with E-state index in [1.807, 2.05) is 18.2 Å². The Balaban J connectivity index is -0.00000107. The van der Waals surface area contributed by atoms with Gasteiger partial charge in [0, 0.05) is 29.2 Å². The molecule has 5 aromatic carbocycles. The van der Waals surface area contributed by atoms with Crippen LogP contribution in [-0.2, 0) is 47.9 Å². The van der Waals surface area contributed by atoms with Crippen molar-refractivity contribution < 1.29 is 175 Å². The van der Waals surface area contributed by atoms with E-state index < -0.39 is 145 Å². The number of aromatic nitrogens is 1. The number of aliphatic hydroxyl groups is 3. The minimum Gasteiger partial charge on any atom is -0.507 e. The fourth-order valence-electron chi connectivity index (χ4n) is 5.89. The summed E-state index contributed by atoms with van der Waals surface area (Å²) in [7, 11) is 0. The fourth-order valence-corrected chi connectivity index (χ4v) is 8.47. The molecule has 1 aromatic heterocycles. The van der Waals surface area contributed by atoms with E-state index in [0.717, 1.165) is 22.4 Å². The number of rotatable bonds is 20. The molecule has 6 rings (SSSR count). The molecule has 1 heterocycles. The van der Waals surface area contributed by atoms with Gasteiger partial charge in [-0.3, -0.25) is 38.7 Å². The van der Waals surface area contributed by atoms with Crippen molar-refractivity contribution in [2.45, 2.75) is 48.5 Å². The van der Waals surface area contributed by atoms with Crippen LogP contribution >= 0.6 is 89.0 Å². The molecule has 0 aliphatic heterocycles. The van der Waals surface area contributed by atoms with Crippen molar-refractivity contribution in [3.63, 3.8) is 0 Å². The number of aromatic hydroxyl groups is 7. The number of nitrogens with one attached hydrogen (secondary N) is 1. The highest BCUT2D eigenvalue weighted by molar-refractivity contribution is 9.15. The van der Waals surface area contributed by atoms with E-state index in [2.05, 4.69) is 99.3 Å². The van der Waals surface area contributed by atoms with E-state index in [-0.39, 0.29) is 51.3 Å². The average Bonchev–Trinajstić information content (AvgIpc) is 0.812. The number of hydrogen-bond donors (Lipinski definition) is 25. The molecule has 0 radical (unpaired) electrons. The normalized spacial score (nSPS) is 10.8. The number of aliphatic carboxylic acids is 9. The number of aliphatic hydroxyl groups excluding tert-OH is 2. The van der Waals surface area contributed by atoms with Gasteiger partial charge in [-0.1, -0.05) is 42.5 Å². The molecule has 101 heavy (non-hydrogen) atoms. The third-order valence-corrected chi connectivity index (χ3v) is 15.9. The largest absolute Gasteiger partial charge is 0.507 e. The summed E-state index contributed by atoms with van der Waals surface area (Å²) in [4.78, 5) is 137. The second-order valence-electron chi connectivity index (χ2n) is 18.3. The number of fused-ring (bicyclic) bond motifs is 1. The number of hydrogen-bond acceptors (Lipinski definition) is 27. The highest BCUT2D eigenvalue weighted by Crippen LogP contribution is 2.49. The van der Waals surface area contributed by atoms with Crippen LogP contribution in [-0.4, -0.2) is 249 Å². The molecular weight excluding hydrogens is 1670 g/mol. The number of carboxylic acids is 12. The third-order valence-electron chi connectivity index (χ3n) is 10.4. The molecule has 0 saturated carbocycles. The summed E-state index contributed by atoms with van der Waals surface area (Å²) in [6, 6.07) is 22.3. The topological polar surface area (TPSA) is 695 Å². The summed E-state index contributed by atoms with van der Waals surface area (Å²) in [5.74, 6) is -19.4.